The predicted molar refractivity (Wildman–Crippen MR) is 146 cm³/mol. The van der Waals surface area contributed by atoms with Crippen LogP contribution in [-0.2, 0) is 19.6 Å². The molecule has 0 radical (unpaired) electrons. The Morgan fingerprint density at radius 3 is 1.84 bits per heavy atom. The molecule has 188 valence electrons. The minimum absolute atomic E-state index is 0.153. The van der Waals surface area contributed by atoms with E-state index in [0.29, 0.717) is 13.2 Å². The Labute approximate surface area is 219 Å². The van der Waals surface area contributed by atoms with E-state index in [1.807, 2.05) is 36.4 Å². The molecule has 0 saturated carbocycles. The molecule has 3 atom stereocenters. The van der Waals surface area contributed by atoms with Crippen molar-refractivity contribution in [1.82, 2.24) is 4.90 Å². The molecule has 2 heterocycles. The van der Waals surface area contributed by atoms with Crippen LogP contribution in [0.15, 0.2) is 103 Å². The van der Waals surface area contributed by atoms with Crippen LogP contribution in [0.3, 0.4) is 0 Å². The van der Waals surface area contributed by atoms with Crippen LogP contribution < -0.4 is 9.47 Å². The van der Waals surface area contributed by atoms with Crippen molar-refractivity contribution < 1.29 is 14.6 Å². The third-order valence-corrected chi connectivity index (χ3v) is 7.65. The van der Waals surface area contributed by atoms with E-state index in [9.17, 15) is 5.11 Å². The third kappa shape index (κ3) is 5.27. The molecule has 0 amide bonds. The van der Waals surface area contributed by atoms with Gasteiger partial charge < -0.3 is 14.6 Å². The maximum absolute atomic E-state index is 10.9. The number of nitrogens with zero attached hydrogens (tertiary/aromatic N) is 1. The van der Waals surface area contributed by atoms with E-state index in [4.69, 9.17) is 9.47 Å². The molecule has 4 aromatic carbocycles. The van der Waals surface area contributed by atoms with E-state index in [2.05, 4.69) is 71.6 Å². The van der Waals surface area contributed by atoms with Crippen molar-refractivity contribution in [3.05, 3.63) is 131 Å². The summed E-state index contributed by atoms with van der Waals surface area (Å²) in [5.74, 6) is 1.54. The molecule has 4 aromatic rings. The van der Waals surface area contributed by atoms with Crippen LogP contribution in [0, 0.1) is 0 Å². The van der Waals surface area contributed by atoms with Crippen LogP contribution in [0.25, 0.3) is 0 Å². The summed E-state index contributed by atoms with van der Waals surface area (Å²) in [6.07, 6.45) is 2.12. The average Bonchev–Trinajstić information content (AvgIpc) is 2.96. The fraction of sp³-hybridized carbons (Fsp3) is 0.273. The monoisotopic (exact) mass is 491 g/mol. The van der Waals surface area contributed by atoms with Crippen LogP contribution in [0.5, 0.6) is 11.5 Å². The maximum Gasteiger partial charge on any atom is 0.162 e. The van der Waals surface area contributed by atoms with Crippen molar-refractivity contribution in [2.24, 2.45) is 0 Å². The fourth-order valence-corrected chi connectivity index (χ4v) is 5.81. The van der Waals surface area contributed by atoms with Gasteiger partial charge in [0.1, 0.15) is 13.2 Å². The molecule has 0 aromatic heterocycles. The van der Waals surface area contributed by atoms with Crippen LogP contribution in [0.1, 0.15) is 52.7 Å². The van der Waals surface area contributed by atoms with Crippen LogP contribution in [0.4, 0.5) is 0 Å². The van der Waals surface area contributed by atoms with Gasteiger partial charge in [0.05, 0.1) is 6.10 Å². The molecule has 1 fully saturated rings. The molecule has 2 aliphatic heterocycles. The van der Waals surface area contributed by atoms with E-state index in [1.54, 1.807) is 0 Å². The minimum Gasteiger partial charge on any atom is -0.485 e. The Morgan fingerprint density at radius 1 is 0.676 bits per heavy atom. The summed E-state index contributed by atoms with van der Waals surface area (Å²) in [7, 11) is 0. The molecule has 6 rings (SSSR count). The van der Waals surface area contributed by atoms with Crippen molar-refractivity contribution >= 4 is 0 Å². The molecule has 4 nitrogen and oxygen atoms in total. The first kappa shape index (κ1) is 23.8. The van der Waals surface area contributed by atoms with Gasteiger partial charge in [0.2, 0.25) is 0 Å². The van der Waals surface area contributed by atoms with E-state index >= 15 is 0 Å². The van der Waals surface area contributed by atoms with Crippen LogP contribution in [0.2, 0.25) is 0 Å². The highest BCUT2D eigenvalue weighted by Gasteiger charge is 2.40. The first-order valence-corrected chi connectivity index (χ1v) is 13.2. The van der Waals surface area contributed by atoms with E-state index < -0.39 is 0 Å². The zero-order chi connectivity index (χ0) is 25.0. The molecule has 0 aliphatic carbocycles. The molecule has 1 N–H and O–H groups in total. The second kappa shape index (κ2) is 10.8. The summed E-state index contributed by atoms with van der Waals surface area (Å²) < 4.78 is 12.7. The quantitative estimate of drug-likeness (QED) is 0.315. The van der Waals surface area contributed by atoms with Gasteiger partial charge >= 0.3 is 0 Å². The van der Waals surface area contributed by atoms with Crippen molar-refractivity contribution in [3.63, 3.8) is 0 Å². The number of aliphatic hydroxyl groups is 1. The molecule has 0 unspecified atom stereocenters. The third-order valence-electron chi connectivity index (χ3n) is 7.65. The lowest BCUT2D eigenvalue weighted by molar-refractivity contribution is -0.00689. The lowest BCUT2D eigenvalue weighted by atomic mass is 9.81. The molecule has 4 heteroatoms. The topological polar surface area (TPSA) is 41.9 Å². The number of rotatable bonds is 7. The standard InChI is InChI=1S/C33H33NO3/c35-28-19-30(26-14-8-3-9-15-26)34-17-16-27-18-32(36-22-24-10-4-1-5-11-24)33(21-29(27)31(34)20-28)37-23-25-12-6-2-7-13-25/h1-15,18,21,28,30-31,35H,16-17,19-20,22-23H2/t28-,30-,31-/m0/s1. The van der Waals surface area contributed by atoms with Crippen molar-refractivity contribution in [2.45, 2.75) is 50.7 Å². The maximum atomic E-state index is 10.9. The zero-order valence-corrected chi connectivity index (χ0v) is 21.0. The van der Waals surface area contributed by atoms with Gasteiger partial charge in [-0.2, -0.15) is 0 Å². The molecule has 0 bridgehead atoms. The number of aliphatic hydroxyl groups excluding tert-OH is 1. The van der Waals surface area contributed by atoms with Crippen molar-refractivity contribution in [2.75, 3.05) is 6.54 Å². The summed E-state index contributed by atoms with van der Waals surface area (Å²) >= 11 is 0. The summed E-state index contributed by atoms with van der Waals surface area (Å²) in [6.45, 7) is 1.93. The molecule has 0 spiro atoms. The number of fused-ring (bicyclic) bond motifs is 3. The molecule has 1 saturated heterocycles. The van der Waals surface area contributed by atoms with Gasteiger partial charge in [0.15, 0.2) is 11.5 Å². The number of hydrogen-bond donors (Lipinski definition) is 1. The summed E-state index contributed by atoms with van der Waals surface area (Å²) in [4.78, 5) is 2.58. The number of hydrogen-bond acceptors (Lipinski definition) is 4. The van der Waals surface area contributed by atoms with Gasteiger partial charge in [-0.15, -0.1) is 0 Å². The number of piperidine rings is 1. The van der Waals surface area contributed by atoms with E-state index in [0.717, 1.165) is 48.4 Å². The van der Waals surface area contributed by atoms with Gasteiger partial charge in [0.25, 0.3) is 0 Å². The lowest BCUT2D eigenvalue weighted by Crippen LogP contribution is -2.45. The minimum atomic E-state index is -0.333. The second-order valence-electron chi connectivity index (χ2n) is 10.1. The van der Waals surface area contributed by atoms with E-state index in [-0.39, 0.29) is 18.2 Å². The largest absolute Gasteiger partial charge is 0.485 e. The Morgan fingerprint density at radius 2 is 1.22 bits per heavy atom. The summed E-state index contributed by atoms with van der Waals surface area (Å²) in [6, 6.07) is 35.8. The number of ether oxygens (including phenoxy) is 2. The normalized spacial score (nSPS) is 21.1. The first-order chi connectivity index (χ1) is 18.2. The van der Waals surface area contributed by atoms with Gasteiger partial charge in [-0.3, -0.25) is 4.90 Å². The highest BCUT2D eigenvalue weighted by Crippen LogP contribution is 2.47. The average molecular weight is 492 g/mol. The van der Waals surface area contributed by atoms with E-state index in [1.165, 1.54) is 16.7 Å². The zero-order valence-electron chi connectivity index (χ0n) is 21.0. The molecule has 2 aliphatic rings. The number of benzene rings is 4. The Kier molecular flexibility index (Phi) is 6.94. The Balaban J connectivity index is 1.32. The smallest absolute Gasteiger partial charge is 0.162 e. The van der Waals surface area contributed by atoms with Crippen molar-refractivity contribution in [3.8, 4) is 11.5 Å². The first-order valence-electron chi connectivity index (χ1n) is 13.2. The van der Waals surface area contributed by atoms with Crippen LogP contribution >= 0.6 is 0 Å². The van der Waals surface area contributed by atoms with Gasteiger partial charge in [0, 0.05) is 18.6 Å². The molecule has 37 heavy (non-hydrogen) atoms. The lowest BCUT2D eigenvalue weighted by Gasteiger charge is -2.47. The molecular formula is C33H33NO3. The Hall–Kier alpha value is -3.60. The highest BCUT2D eigenvalue weighted by molar-refractivity contribution is 5.50. The predicted octanol–water partition coefficient (Wildman–Crippen LogP) is 6.64. The summed E-state index contributed by atoms with van der Waals surface area (Å²) in [5, 5.41) is 10.9. The van der Waals surface area contributed by atoms with Gasteiger partial charge in [-0.1, -0.05) is 91.0 Å². The fourth-order valence-electron chi connectivity index (χ4n) is 5.81. The summed E-state index contributed by atoms with van der Waals surface area (Å²) in [5.41, 5.74) is 6.06. The van der Waals surface area contributed by atoms with Crippen LogP contribution in [-0.4, -0.2) is 22.7 Å². The van der Waals surface area contributed by atoms with Gasteiger partial charge in [-0.05, 0) is 59.2 Å². The highest BCUT2D eigenvalue weighted by atomic mass is 16.5. The van der Waals surface area contributed by atoms with Gasteiger partial charge in [-0.25, -0.2) is 0 Å². The SMILES string of the molecule is O[C@H]1C[C@@H](c2ccccc2)N2CCc3cc(OCc4ccccc4)c(OCc4ccccc4)cc3[C@@H]2C1. The van der Waals surface area contributed by atoms with Crippen molar-refractivity contribution in [1.29, 1.82) is 0 Å². The second-order valence-corrected chi connectivity index (χ2v) is 10.1. The molecular weight excluding hydrogens is 458 g/mol. The Bertz CT molecular complexity index is 1310.